The molecule has 8 nitrogen and oxygen atoms in total. The normalized spacial score (nSPS) is 12.0. The topological polar surface area (TPSA) is 96.0 Å². The molecule has 1 atom stereocenters. The minimum absolute atomic E-state index is 0.00684. The van der Waals surface area contributed by atoms with Crippen LogP contribution in [-0.2, 0) is 26.2 Å². The monoisotopic (exact) mass is 639 g/mol. The van der Waals surface area contributed by atoms with Gasteiger partial charge >= 0.3 is 0 Å². The van der Waals surface area contributed by atoms with E-state index >= 15 is 0 Å². The average Bonchev–Trinajstić information content (AvgIpc) is 2.94. The lowest BCUT2D eigenvalue weighted by Crippen LogP contribution is -2.51. The second-order valence-corrected chi connectivity index (χ2v) is 12.5. The summed E-state index contributed by atoms with van der Waals surface area (Å²) >= 11 is 18.6. The molecule has 0 spiro atoms. The standard InChI is InChI=1S/C29H32Cl3N3O5S/c1-5-14-33-29(37)20(3)34(17-21-8-12-24(30)25(31)15-21)28(36)18-35(22-9-13-27(40-4)26(32)16-22)41(38,39)23-10-6-19(2)7-11-23/h6-13,15-16,20H,5,14,17-18H2,1-4H3,(H,33,37)/t20-/m0/s1. The zero-order valence-corrected chi connectivity index (χ0v) is 26.2. The van der Waals surface area contributed by atoms with E-state index in [9.17, 15) is 18.0 Å². The van der Waals surface area contributed by atoms with Crippen LogP contribution in [0.5, 0.6) is 5.75 Å². The molecule has 41 heavy (non-hydrogen) atoms. The minimum Gasteiger partial charge on any atom is -0.495 e. The van der Waals surface area contributed by atoms with E-state index in [-0.39, 0.29) is 33.1 Å². The number of ether oxygens (including phenoxy) is 1. The Balaban J connectivity index is 2.07. The predicted molar refractivity (Wildman–Crippen MR) is 163 cm³/mol. The summed E-state index contributed by atoms with van der Waals surface area (Å²) in [4.78, 5) is 28.2. The number of halogens is 3. The average molecular weight is 641 g/mol. The minimum atomic E-state index is -4.23. The molecule has 3 aromatic carbocycles. The summed E-state index contributed by atoms with van der Waals surface area (Å²) in [5, 5.41) is 3.59. The molecule has 3 aromatic rings. The number of amides is 2. The van der Waals surface area contributed by atoms with Crippen LogP contribution in [-0.4, -0.2) is 51.4 Å². The summed E-state index contributed by atoms with van der Waals surface area (Å²) in [6.45, 7) is 5.15. The first kappa shape index (κ1) is 32.5. The summed E-state index contributed by atoms with van der Waals surface area (Å²) in [6.07, 6.45) is 0.708. The fraction of sp³-hybridized carbons (Fsp3) is 0.310. The van der Waals surface area contributed by atoms with Gasteiger partial charge in [0, 0.05) is 13.1 Å². The first-order valence-electron chi connectivity index (χ1n) is 12.8. The molecule has 1 N–H and O–H groups in total. The fourth-order valence-electron chi connectivity index (χ4n) is 3.99. The smallest absolute Gasteiger partial charge is 0.264 e. The molecule has 0 saturated carbocycles. The Bertz CT molecular complexity index is 1500. The van der Waals surface area contributed by atoms with Crippen molar-refractivity contribution in [3.63, 3.8) is 0 Å². The molecule has 220 valence electrons. The third-order valence-corrected chi connectivity index (χ3v) is 9.19. The Kier molecular flexibility index (Phi) is 11.3. The maximum atomic E-state index is 14.0. The number of benzene rings is 3. The largest absolute Gasteiger partial charge is 0.495 e. The molecule has 0 bridgehead atoms. The van der Waals surface area contributed by atoms with Gasteiger partial charge in [-0.05, 0) is 68.3 Å². The number of methoxy groups -OCH3 is 1. The molecule has 2 amide bonds. The lowest BCUT2D eigenvalue weighted by Gasteiger charge is -2.32. The van der Waals surface area contributed by atoms with Crippen LogP contribution in [0.4, 0.5) is 5.69 Å². The molecule has 0 fully saturated rings. The van der Waals surface area contributed by atoms with E-state index in [1.165, 1.54) is 42.3 Å². The molecule has 0 unspecified atom stereocenters. The summed E-state index contributed by atoms with van der Waals surface area (Å²) < 4.78 is 34.0. The van der Waals surface area contributed by atoms with Gasteiger partial charge in [0.1, 0.15) is 18.3 Å². The highest BCUT2D eigenvalue weighted by Crippen LogP contribution is 2.32. The van der Waals surface area contributed by atoms with E-state index in [0.29, 0.717) is 29.3 Å². The Labute approximate surface area is 256 Å². The zero-order chi connectivity index (χ0) is 30.3. The Morgan fingerprint density at radius 3 is 2.22 bits per heavy atom. The van der Waals surface area contributed by atoms with Gasteiger partial charge in [-0.1, -0.05) is 65.5 Å². The lowest BCUT2D eigenvalue weighted by atomic mass is 10.1. The van der Waals surface area contributed by atoms with Gasteiger partial charge in [-0.15, -0.1) is 0 Å². The highest BCUT2D eigenvalue weighted by Gasteiger charge is 2.33. The van der Waals surface area contributed by atoms with Gasteiger partial charge in [0.25, 0.3) is 10.0 Å². The van der Waals surface area contributed by atoms with Crippen molar-refractivity contribution in [2.24, 2.45) is 0 Å². The van der Waals surface area contributed by atoms with Crippen molar-refractivity contribution in [3.05, 3.63) is 86.9 Å². The van der Waals surface area contributed by atoms with Crippen molar-refractivity contribution in [2.75, 3.05) is 24.5 Å². The van der Waals surface area contributed by atoms with Crippen LogP contribution < -0.4 is 14.4 Å². The molecule has 0 aliphatic heterocycles. The molecule has 0 radical (unpaired) electrons. The van der Waals surface area contributed by atoms with Crippen molar-refractivity contribution in [3.8, 4) is 5.75 Å². The number of carbonyl (C=O) groups excluding carboxylic acids is 2. The second kappa shape index (κ2) is 14.3. The maximum absolute atomic E-state index is 14.0. The number of hydrogen-bond donors (Lipinski definition) is 1. The number of carbonyl (C=O) groups is 2. The van der Waals surface area contributed by atoms with Gasteiger partial charge in [0.15, 0.2) is 0 Å². The quantitative estimate of drug-likeness (QED) is 0.258. The first-order chi connectivity index (χ1) is 19.4. The Morgan fingerprint density at radius 2 is 1.63 bits per heavy atom. The van der Waals surface area contributed by atoms with Crippen LogP contribution in [0.25, 0.3) is 0 Å². The molecule has 0 saturated heterocycles. The SMILES string of the molecule is CCCNC(=O)[C@H](C)N(Cc1ccc(Cl)c(Cl)c1)C(=O)CN(c1ccc(OC)c(Cl)c1)S(=O)(=O)c1ccc(C)cc1. The van der Waals surface area contributed by atoms with Crippen molar-refractivity contribution in [2.45, 2.75) is 44.7 Å². The van der Waals surface area contributed by atoms with Gasteiger partial charge < -0.3 is 15.0 Å². The van der Waals surface area contributed by atoms with E-state index in [1.807, 2.05) is 13.8 Å². The summed E-state index contributed by atoms with van der Waals surface area (Å²) in [6, 6.07) is 14.7. The van der Waals surface area contributed by atoms with E-state index in [4.69, 9.17) is 39.5 Å². The Morgan fingerprint density at radius 1 is 0.951 bits per heavy atom. The molecular formula is C29H32Cl3N3O5S. The second-order valence-electron chi connectivity index (χ2n) is 9.38. The van der Waals surface area contributed by atoms with E-state index < -0.39 is 28.5 Å². The molecule has 0 heterocycles. The lowest BCUT2D eigenvalue weighted by molar-refractivity contribution is -0.139. The molecule has 12 heteroatoms. The maximum Gasteiger partial charge on any atom is 0.264 e. The van der Waals surface area contributed by atoms with Gasteiger partial charge in [0.2, 0.25) is 11.8 Å². The fourth-order valence-corrected chi connectivity index (χ4v) is 5.97. The van der Waals surface area contributed by atoms with E-state index in [0.717, 1.165) is 9.87 Å². The third kappa shape index (κ3) is 8.07. The molecule has 0 aromatic heterocycles. The molecule has 0 aliphatic rings. The molecule has 3 rings (SSSR count). The Hall–Kier alpha value is -2.98. The van der Waals surface area contributed by atoms with E-state index in [1.54, 1.807) is 37.3 Å². The van der Waals surface area contributed by atoms with Crippen LogP contribution in [0.1, 0.15) is 31.4 Å². The van der Waals surface area contributed by atoms with Gasteiger partial charge in [0.05, 0.1) is 32.8 Å². The summed E-state index contributed by atoms with van der Waals surface area (Å²) in [5.74, 6) is -0.643. The van der Waals surface area contributed by atoms with Crippen LogP contribution >= 0.6 is 34.8 Å². The molecular weight excluding hydrogens is 609 g/mol. The summed E-state index contributed by atoms with van der Waals surface area (Å²) in [7, 11) is -2.79. The van der Waals surface area contributed by atoms with Crippen LogP contribution in [0.15, 0.2) is 65.6 Å². The number of sulfonamides is 1. The number of nitrogens with one attached hydrogen (secondary N) is 1. The van der Waals surface area contributed by atoms with Crippen LogP contribution in [0.2, 0.25) is 15.1 Å². The number of aryl methyl sites for hydroxylation is 1. The van der Waals surface area contributed by atoms with Gasteiger partial charge in [-0.25, -0.2) is 8.42 Å². The van der Waals surface area contributed by atoms with Crippen LogP contribution in [0.3, 0.4) is 0 Å². The van der Waals surface area contributed by atoms with Gasteiger partial charge in [-0.2, -0.15) is 0 Å². The van der Waals surface area contributed by atoms with Crippen molar-refractivity contribution in [1.29, 1.82) is 0 Å². The van der Waals surface area contributed by atoms with Crippen molar-refractivity contribution in [1.82, 2.24) is 10.2 Å². The number of nitrogens with zero attached hydrogens (tertiary/aromatic N) is 2. The number of rotatable bonds is 12. The highest BCUT2D eigenvalue weighted by molar-refractivity contribution is 7.92. The van der Waals surface area contributed by atoms with Crippen LogP contribution in [0, 0.1) is 6.92 Å². The first-order valence-corrected chi connectivity index (χ1v) is 15.4. The van der Waals surface area contributed by atoms with Crippen molar-refractivity contribution >= 4 is 62.3 Å². The van der Waals surface area contributed by atoms with Crippen molar-refractivity contribution < 1.29 is 22.7 Å². The highest BCUT2D eigenvalue weighted by atomic mass is 35.5. The summed E-state index contributed by atoms with van der Waals surface area (Å²) in [5.41, 5.74) is 1.64. The van der Waals surface area contributed by atoms with Gasteiger partial charge in [-0.3, -0.25) is 13.9 Å². The predicted octanol–water partition coefficient (Wildman–Crippen LogP) is 6.10. The number of anilines is 1. The van der Waals surface area contributed by atoms with E-state index in [2.05, 4.69) is 5.32 Å². The third-order valence-electron chi connectivity index (χ3n) is 6.36. The zero-order valence-electron chi connectivity index (χ0n) is 23.2. The molecule has 0 aliphatic carbocycles. The number of hydrogen-bond acceptors (Lipinski definition) is 5.